The normalized spacial score (nSPS) is 13.9. The quantitative estimate of drug-likeness (QED) is 0.758. The molecule has 0 spiro atoms. The Balaban J connectivity index is 2.53. The maximum Gasteiger partial charge on any atom is 0.122 e. The molecule has 1 aromatic rings. The van der Waals surface area contributed by atoms with E-state index in [4.69, 9.17) is 9.47 Å². The van der Waals surface area contributed by atoms with E-state index in [0.29, 0.717) is 19.0 Å². The summed E-state index contributed by atoms with van der Waals surface area (Å²) >= 11 is 0. The average molecular weight is 267 g/mol. The van der Waals surface area contributed by atoms with E-state index in [2.05, 4.69) is 19.2 Å². The summed E-state index contributed by atoms with van der Waals surface area (Å²) in [5.74, 6) is 1.87. The average Bonchev–Trinajstić information content (AvgIpc) is 2.45. The van der Waals surface area contributed by atoms with Crippen molar-refractivity contribution in [3.63, 3.8) is 0 Å². The van der Waals surface area contributed by atoms with E-state index < -0.39 is 0 Å². The van der Waals surface area contributed by atoms with Crippen LogP contribution in [0.5, 0.6) is 11.5 Å². The highest BCUT2D eigenvalue weighted by molar-refractivity contribution is 5.38. The van der Waals surface area contributed by atoms with Gasteiger partial charge in [-0.05, 0) is 23.6 Å². The summed E-state index contributed by atoms with van der Waals surface area (Å²) in [7, 11) is 3.28. The van der Waals surface area contributed by atoms with Crippen molar-refractivity contribution >= 4 is 0 Å². The van der Waals surface area contributed by atoms with Crippen LogP contribution in [0.15, 0.2) is 18.2 Å². The SMILES string of the molecule is CCC(C)C(O)CNCc1cc(OC)cc(OC)c1. The maximum absolute atomic E-state index is 9.89. The molecule has 0 aliphatic carbocycles. The van der Waals surface area contributed by atoms with E-state index in [9.17, 15) is 5.11 Å². The lowest BCUT2D eigenvalue weighted by Crippen LogP contribution is -2.31. The number of aliphatic hydroxyl groups is 1. The lowest BCUT2D eigenvalue weighted by molar-refractivity contribution is 0.113. The standard InChI is InChI=1S/C15H25NO3/c1-5-11(2)15(17)10-16-9-12-6-13(18-3)8-14(7-12)19-4/h6-8,11,15-17H,5,9-10H2,1-4H3. The van der Waals surface area contributed by atoms with Crippen LogP contribution in [0, 0.1) is 5.92 Å². The van der Waals surface area contributed by atoms with Crippen LogP contribution in [0.4, 0.5) is 0 Å². The van der Waals surface area contributed by atoms with E-state index in [1.54, 1.807) is 14.2 Å². The zero-order valence-corrected chi connectivity index (χ0v) is 12.3. The van der Waals surface area contributed by atoms with Gasteiger partial charge >= 0.3 is 0 Å². The van der Waals surface area contributed by atoms with Crippen molar-refractivity contribution in [2.24, 2.45) is 5.92 Å². The molecule has 0 saturated heterocycles. The maximum atomic E-state index is 9.89. The topological polar surface area (TPSA) is 50.7 Å². The van der Waals surface area contributed by atoms with Crippen molar-refractivity contribution in [1.82, 2.24) is 5.32 Å². The molecule has 0 aromatic heterocycles. The van der Waals surface area contributed by atoms with E-state index in [1.165, 1.54) is 0 Å². The zero-order chi connectivity index (χ0) is 14.3. The summed E-state index contributed by atoms with van der Waals surface area (Å²) in [5.41, 5.74) is 1.08. The van der Waals surface area contributed by atoms with Gasteiger partial charge in [0, 0.05) is 19.2 Å². The van der Waals surface area contributed by atoms with Gasteiger partial charge in [0.05, 0.1) is 20.3 Å². The first-order valence-corrected chi connectivity index (χ1v) is 6.71. The Kier molecular flexibility index (Phi) is 6.67. The Morgan fingerprint density at radius 1 is 1.16 bits per heavy atom. The number of ether oxygens (including phenoxy) is 2. The summed E-state index contributed by atoms with van der Waals surface area (Å²) in [6.45, 7) is 5.41. The van der Waals surface area contributed by atoms with E-state index >= 15 is 0 Å². The second-order valence-corrected chi connectivity index (χ2v) is 4.80. The monoisotopic (exact) mass is 267 g/mol. The molecule has 1 aromatic carbocycles. The Morgan fingerprint density at radius 3 is 2.21 bits per heavy atom. The Bertz CT molecular complexity index is 359. The van der Waals surface area contributed by atoms with Gasteiger partial charge in [0.25, 0.3) is 0 Å². The van der Waals surface area contributed by atoms with E-state index in [0.717, 1.165) is 23.5 Å². The fourth-order valence-corrected chi connectivity index (χ4v) is 1.81. The third kappa shape index (κ3) is 5.09. The number of hydrogen-bond acceptors (Lipinski definition) is 4. The van der Waals surface area contributed by atoms with Crippen LogP contribution in [0.1, 0.15) is 25.8 Å². The van der Waals surface area contributed by atoms with Crippen LogP contribution < -0.4 is 14.8 Å². The minimum absolute atomic E-state index is 0.308. The molecule has 0 heterocycles. The molecule has 0 saturated carbocycles. The molecule has 2 N–H and O–H groups in total. The molecule has 0 aliphatic heterocycles. The van der Waals surface area contributed by atoms with E-state index in [-0.39, 0.29) is 6.10 Å². The van der Waals surface area contributed by atoms with Gasteiger partial charge in [-0.3, -0.25) is 0 Å². The molecule has 0 aliphatic rings. The first-order chi connectivity index (χ1) is 9.10. The van der Waals surface area contributed by atoms with Gasteiger partial charge in [-0.15, -0.1) is 0 Å². The second kappa shape index (κ2) is 8.02. The van der Waals surface area contributed by atoms with Crippen molar-refractivity contribution in [3.05, 3.63) is 23.8 Å². The summed E-state index contributed by atoms with van der Waals surface area (Å²) in [6, 6.07) is 5.77. The van der Waals surface area contributed by atoms with Crippen LogP contribution in [-0.4, -0.2) is 32.0 Å². The van der Waals surface area contributed by atoms with Crippen LogP contribution in [0.3, 0.4) is 0 Å². The number of nitrogens with one attached hydrogen (secondary N) is 1. The third-order valence-electron chi connectivity index (χ3n) is 3.39. The highest BCUT2D eigenvalue weighted by atomic mass is 16.5. The fraction of sp³-hybridized carbons (Fsp3) is 0.600. The number of benzene rings is 1. The molecule has 0 bridgehead atoms. The molecule has 0 radical (unpaired) electrons. The molecule has 4 nitrogen and oxygen atoms in total. The molecule has 0 fully saturated rings. The van der Waals surface area contributed by atoms with Crippen molar-refractivity contribution in [2.45, 2.75) is 32.9 Å². The summed E-state index contributed by atoms with van der Waals surface area (Å²) < 4.78 is 10.4. The smallest absolute Gasteiger partial charge is 0.122 e. The van der Waals surface area contributed by atoms with Crippen LogP contribution in [0.25, 0.3) is 0 Å². The molecule has 4 heteroatoms. The predicted octanol–water partition coefficient (Wildman–Crippen LogP) is 2.20. The van der Waals surface area contributed by atoms with Gasteiger partial charge in [0.1, 0.15) is 11.5 Å². The molecule has 1 rings (SSSR count). The highest BCUT2D eigenvalue weighted by Crippen LogP contribution is 2.22. The Morgan fingerprint density at radius 2 is 1.74 bits per heavy atom. The van der Waals surface area contributed by atoms with Gasteiger partial charge in [-0.1, -0.05) is 20.3 Å². The van der Waals surface area contributed by atoms with Gasteiger partial charge in [0.15, 0.2) is 0 Å². The molecule has 2 atom stereocenters. The van der Waals surface area contributed by atoms with Crippen LogP contribution >= 0.6 is 0 Å². The van der Waals surface area contributed by atoms with E-state index in [1.807, 2.05) is 18.2 Å². The van der Waals surface area contributed by atoms with Crippen molar-refractivity contribution in [3.8, 4) is 11.5 Å². The van der Waals surface area contributed by atoms with Gasteiger partial charge in [-0.2, -0.15) is 0 Å². The molecule has 0 amide bonds. The molecule has 108 valence electrons. The van der Waals surface area contributed by atoms with Crippen LogP contribution in [0.2, 0.25) is 0 Å². The summed E-state index contributed by atoms with van der Waals surface area (Å²) in [5, 5.41) is 13.1. The molecular weight excluding hydrogens is 242 g/mol. The van der Waals surface area contributed by atoms with Crippen LogP contribution in [-0.2, 0) is 6.54 Å². The second-order valence-electron chi connectivity index (χ2n) is 4.80. The summed E-state index contributed by atoms with van der Waals surface area (Å²) in [4.78, 5) is 0. The van der Waals surface area contributed by atoms with Crippen molar-refractivity contribution in [2.75, 3.05) is 20.8 Å². The molecule has 2 unspecified atom stereocenters. The third-order valence-corrected chi connectivity index (χ3v) is 3.39. The largest absolute Gasteiger partial charge is 0.497 e. The Hall–Kier alpha value is -1.26. The Labute approximate surface area is 115 Å². The number of aliphatic hydroxyl groups excluding tert-OH is 1. The fourth-order valence-electron chi connectivity index (χ4n) is 1.81. The van der Waals surface area contributed by atoms with Crippen molar-refractivity contribution in [1.29, 1.82) is 0 Å². The minimum Gasteiger partial charge on any atom is -0.497 e. The minimum atomic E-state index is -0.308. The summed E-state index contributed by atoms with van der Waals surface area (Å²) in [6.07, 6.45) is 0.674. The first-order valence-electron chi connectivity index (χ1n) is 6.71. The van der Waals surface area contributed by atoms with Gasteiger partial charge < -0.3 is 19.9 Å². The molecular formula is C15H25NO3. The number of rotatable bonds is 8. The van der Waals surface area contributed by atoms with Crippen molar-refractivity contribution < 1.29 is 14.6 Å². The molecule has 19 heavy (non-hydrogen) atoms. The van der Waals surface area contributed by atoms with Gasteiger partial charge in [0.2, 0.25) is 0 Å². The first kappa shape index (κ1) is 15.8. The lowest BCUT2D eigenvalue weighted by atomic mass is 10.0. The highest BCUT2D eigenvalue weighted by Gasteiger charge is 2.11. The number of hydrogen-bond donors (Lipinski definition) is 2. The zero-order valence-electron chi connectivity index (χ0n) is 12.3. The van der Waals surface area contributed by atoms with Gasteiger partial charge in [-0.25, -0.2) is 0 Å². The number of methoxy groups -OCH3 is 2. The lowest BCUT2D eigenvalue weighted by Gasteiger charge is -2.18. The predicted molar refractivity (Wildman–Crippen MR) is 76.7 cm³/mol.